The van der Waals surface area contributed by atoms with Gasteiger partial charge >= 0.3 is 11.9 Å². The van der Waals surface area contributed by atoms with Crippen LogP contribution in [0.2, 0.25) is 15.1 Å². The minimum atomic E-state index is -1.12. The van der Waals surface area contributed by atoms with E-state index in [0.29, 0.717) is 16.8 Å². The molecule has 5 atom stereocenters. The molecule has 0 aromatic heterocycles. The van der Waals surface area contributed by atoms with Gasteiger partial charge in [0.15, 0.2) is 12.2 Å². The van der Waals surface area contributed by atoms with Gasteiger partial charge in [-0.25, -0.2) is 4.79 Å². The topological polar surface area (TPSA) is 129 Å². The second-order valence-electron chi connectivity index (χ2n) is 10.6. The van der Waals surface area contributed by atoms with Crippen LogP contribution in [0, 0.1) is 6.92 Å². The van der Waals surface area contributed by atoms with Crippen molar-refractivity contribution in [3.05, 3.63) is 98.0 Å². The zero-order chi connectivity index (χ0) is 32.2. The number of carbonyl (C=O) groups is 4. The minimum absolute atomic E-state index is 0.0347. The number of amides is 2. The molecule has 2 N–H and O–H groups in total. The van der Waals surface area contributed by atoms with Crippen molar-refractivity contribution in [1.82, 2.24) is 5.32 Å². The standard InChI is InChI=1S/C32H29Cl3N2O8/c1-16-5-3-6-20(33)26(16)30(39)37-23(32(41)45-25-15-43-28-24(44-17(2)38)14-42-29(25)28)13-18-9-11-19(12-10-18)36-31(40)27-21(34)7-4-8-22(27)35/h3-12,23-25,28-29H,13-15H2,1-2H3,(H,36,40)(H,37,39)/t23-,24-,25-,28+,29+/m0/s1. The molecule has 2 amide bonds. The predicted molar refractivity (Wildman–Crippen MR) is 167 cm³/mol. The number of hydrogen-bond acceptors (Lipinski definition) is 8. The third-order valence-corrected chi connectivity index (χ3v) is 8.37. The van der Waals surface area contributed by atoms with E-state index in [4.69, 9.17) is 53.8 Å². The number of rotatable bonds is 9. The lowest BCUT2D eigenvalue weighted by Gasteiger charge is -2.23. The maximum atomic E-state index is 13.6. The maximum absolute atomic E-state index is 13.6. The molecule has 0 aliphatic carbocycles. The first-order valence-corrected chi connectivity index (χ1v) is 15.2. The molecular formula is C32H29Cl3N2O8. The molecule has 0 bridgehead atoms. The van der Waals surface area contributed by atoms with Crippen LogP contribution in [0.25, 0.3) is 0 Å². The fourth-order valence-corrected chi connectivity index (χ4v) is 6.16. The van der Waals surface area contributed by atoms with E-state index in [9.17, 15) is 19.2 Å². The van der Waals surface area contributed by atoms with Gasteiger partial charge in [0.25, 0.3) is 11.8 Å². The molecule has 10 nitrogen and oxygen atoms in total. The third-order valence-electron chi connectivity index (χ3n) is 7.43. The number of esters is 2. The number of anilines is 1. The van der Waals surface area contributed by atoms with E-state index >= 15 is 0 Å². The van der Waals surface area contributed by atoms with Crippen LogP contribution >= 0.6 is 34.8 Å². The summed E-state index contributed by atoms with van der Waals surface area (Å²) in [7, 11) is 0. The summed E-state index contributed by atoms with van der Waals surface area (Å²) in [4.78, 5) is 51.2. The van der Waals surface area contributed by atoms with Crippen molar-refractivity contribution in [3.63, 3.8) is 0 Å². The van der Waals surface area contributed by atoms with E-state index < -0.39 is 54.2 Å². The largest absolute Gasteiger partial charge is 0.457 e. The zero-order valence-electron chi connectivity index (χ0n) is 24.2. The van der Waals surface area contributed by atoms with Gasteiger partial charge in [-0.2, -0.15) is 0 Å². The third kappa shape index (κ3) is 7.59. The molecule has 0 unspecified atom stereocenters. The molecule has 0 radical (unpaired) electrons. The number of hydrogen-bond donors (Lipinski definition) is 2. The maximum Gasteiger partial charge on any atom is 0.329 e. The Morgan fingerprint density at radius 2 is 1.36 bits per heavy atom. The second-order valence-corrected chi connectivity index (χ2v) is 11.9. The SMILES string of the molecule is CC(=O)O[C@H]1CO[C@H]2[C@@H]1OC[C@@H]2OC(=O)[C@H](Cc1ccc(NC(=O)c2c(Cl)cccc2Cl)cc1)NC(=O)c1c(C)cccc1Cl. The molecule has 3 aromatic rings. The van der Waals surface area contributed by atoms with Crippen molar-refractivity contribution >= 4 is 64.2 Å². The first-order chi connectivity index (χ1) is 21.5. The monoisotopic (exact) mass is 674 g/mol. The quantitative estimate of drug-likeness (QED) is 0.297. The Morgan fingerprint density at radius 3 is 1.93 bits per heavy atom. The van der Waals surface area contributed by atoms with Crippen molar-refractivity contribution in [2.75, 3.05) is 18.5 Å². The molecule has 2 aliphatic rings. The number of aryl methyl sites for hydroxylation is 1. The van der Waals surface area contributed by atoms with Crippen LogP contribution in [0.3, 0.4) is 0 Å². The summed E-state index contributed by atoms with van der Waals surface area (Å²) in [6, 6.07) is 15.4. The molecule has 2 heterocycles. The van der Waals surface area contributed by atoms with Crippen molar-refractivity contribution in [2.45, 2.75) is 50.7 Å². The lowest BCUT2D eigenvalue weighted by molar-refractivity contribution is -0.156. The van der Waals surface area contributed by atoms with Crippen LogP contribution in [0.15, 0.2) is 60.7 Å². The Bertz CT molecular complexity index is 1580. The van der Waals surface area contributed by atoms with Crippen molar-refractivity contribution in [3.8, 4) is 0 Å². The van der Waals surface area contributed by atoms with Gasteiger partial charge in [-0.1, -0.05) is 65.1 Å². The molecular weight excluding hydrogens is 647 g/mol. The summed E-state index contributed by atoms with van der Waals surface area (Å²) in [6.45, 7) is 3.18. The van der Waals surface area contributed by atoms with Crippen molar-refractivity contribution < 1.29 is 38.1 Å². The lowest BCUT2D eigenvalue weighted by atomic mass is 10.0. The normalized spacial score (nSPS) is 21.0. The first kappa shape index (κ1) is 32.7. The molecule has 2 aliphatic heterocycles. The van der Waals surface area contributed by atoms with Gasteiger partial charge in [0.1, 0.15) is 18.2 Å². The second kappa shape index (κ2) is 14.2. The first-order valence-electron chi connectivity index (χ1n) is 14.0. The Morgan fingerprint density at radius 1 is 0.800 bits per heavy atom. The molecule has 13 heteroatoms. The van der Waals surface area contributed by atoms with Crippen LogP contribution in [-0.2, 0) is 35.0 Å². The number of ether oxygens (including phenoxy) is 4. The van der Waals surface area contributed by atoms with Crippen LogP contribution < -0.4 is 10.6 Å². The van der Waals surface area contributed by atoms with Gasteiger partial charge in [0, 0.05) is 19.0 Å². The van der Waals surface area contributed by atoms with Gasteiger partial charge in [-0.3, -0.25) is 14.4 Å². The van der Waals surface area contributed by atoms with Gasteiger partial charge < -0.3 is 29.6 Å². The number of benzene rings is 3. The summed E-state index contributed by atoms with van der Waals surface area (Å²) in [5.74, 6) is -2.21. The molecule has 5 rings (SSSR count). The van der Waals surface area contributed by atoms with Gasteiger partial charge in [-0.15, -0.1) is 0 Å². The smallest absolute Gasteiger partial charge is 0.329 e. The van der Waals surface area contributed by atoms with Gasteiger partial charge in [-0.05, 0) is 48.4 Å². The van der Waals surface area contributed by atoms with Crippen LogP contribution in [0.5, 0.6) is 0 Å². The van der Waals surface area contributed by atoms with Crippen molar-refractivity contribution in [2.24, 2.45) is 0 Å². The van der Waals surface area contributed by atoms with Crippen molar-refractivity contribution in [1.29, 1.82) is 0 Å². The molecule has 236 valence electrons. The molecule has 3 aromatic carbocycles. The van der Waals surface area contributed by atoms with Crippen LogP contribution in [0.1, 0.15) is 38.8 Å². The molecule has 45 heavy (non-hydrogen) atoms. The number of fused-ring (bicyclic) bond motifs is 1. The van der Waals surface area contributed by atoms with Gasteiger partial charge in [0.05, 0.1) is 39.4 Å². The number of carbonyl (C=O) groups excluding carboxylic acids is 4. The fourth-order valence-electron chi connectivity index (χ4n) is 5.29. The fraction of sp³-hybridized carbons (Fsp3) is 0.312. The van der Waals surface area contributed by atoms with E-state index in [1.807, 2.05) is 0 Å². The Labute approximate surface area is 274 Å². The van der Waals surface area contributed by atoms with E-state index in [2.05, 4.69) is 10.6 Å². The minimum Gasteiger partial charge on any atom is -0.457 e. The Kier molecular flexibility index (Phi) is 10.3. The predicted octanol–water partition coefficient (Wildman–Crippen LogP) is 5.19. The molecule has 0 saturated carbocycles. The Hall–Kier alpha value is -3.67. The molecule has 0 spiro atoms. The van der Waals surface area contributed by atoms with E-state index in [-0.39, 0.29) is 45.8 Å². The van der Waals surface area contributed by atoms with E-state index in [1.165, 1.54) is 6.92 Å². The zero-order valence-corrected chi connectivity index (χ0v) is 26.4. The number of halogens is 3. The highest BCUT2D eigenvalue weighted by atomic mass is 35.5. The lowest BCUT2D eigenvalue weighted by Crippen LogP contribution is -2.46. The van der Waals surface area contributed by atoms with Gasteiger partial charge in [0.2, 0.25) is 0 Å². The summed E-state index contributed by atoms with van der Waals surface area (Å²) < 4.78 is 22.5. The van der Waals surface area contributed by atoms with Crippen LogP contribution in [0.4, 0.5) is 5.69 Å². The summed E-state index contributed by atoms with van der Waals surface area (Å²) in [5, 5.41) is 6.18. The average molecular weight is 676 g/mol. The number of nitrogens with one attached hydrogen (secondary N) is 2. The molecule has 2 saturated heterocycles. The summed E-state index contributed by atoms with van der Waals surface area (Å²) >= 11 is 18.6. The summed E-state index contributed by atoms with van der Waals surface area (Å²) in [6.07, 6.45) is -2.54. The average Bonchev–Trinajstić information content (AvgIpc) is 3.56. The molecule has 2 fully saturated rings. The van der Waals surface area contributed by atoms with Crippen LogP contribution in [-0.4, -0.2) is 67.4 Å². The Balaban J connectivity index is 1.31. The van der Waals surface area contributed by atoms with E-state index in [1.54, 1.807) is 67.6 Å². The highest BCUT2D eigenvalue weighted by molar-refractivity contribution is 6.40. The highest BCUT2D eigenvalue weighted by Gasteiger charge is 2.51. The van der Waals surface area contributed by atoms with E-state index in [0.717, 1.165) is 0 Å². The summed E-state index contributed by atoms with van der Waals surface area (Å²) in [5.41, 5.74) is 2.14. The highest BCUT2D eigenvalue weighted by Crippen LogP contribution is 2.31.